The van der Waals surface area contributed by atoms with E-state index < -0.39 is 0 Å². The molecule has 0 N–H and O–H groups in total. The Kier molecular flexibility index (Phi) is 4.00. The van der Waals surface area contributed by atoms with Gasteiger partial charge in [-0.05, 0) is 43.9 Å². The van der Waals surface area contributed by atoms with Crippen molar-refractivity contribution in [2.75, 3.05) is 13.1 Å². The number of amides is 1. The maximum absolute atomic E-state index is 12.1. The highest BCUT2D eigenvalue weighted by atomic mass is 16.2. The van der Waals surface area contributed by atoms with Crippen molar-refractivity contribution in [3.8, 4) is 0 Å². The van der Waals surface area contributed by atoms with Crippen LogP contribution in [0.5, 0.6) is 0 Å². The minimum atomic E-state index is 0.0985. The van der Waals surface area contributed by atoms with Crippen LogP contribution in [0, 0.1) is 6.92 Å². The van der Waals surface area contributed by atoms with Gasteiger partial charge in [-0.3, -0.25) is 4.79 Å². The van der Waals surface area contributed by atoms with Crippen molar-refractivity contribution in [2.24, 2.45) is 0 Å². The average Bonchev–Trinajstić information content (AvgIpc) is 2.54. The molecule has 1 aliphatic rings. The van der Waals surface area contributed by atoms with E-state index in [0.29, 0.717) is 0 Å². The van der Waals surface area contributed by atoms with Gasteiger partial charge in [0, 0.05) is 24.6 Å². The molecule has 0 radical (unpaired) electrons. The van der Waals surface area contributed by atoms with Crippen LogP contribution in [0.3, 0.4) is 0 Å². The Morgan fingerprint density at radius 3 is 2.76 bits per heavy atom. The largest absolute Gasteiger partial charge is 0.339 e. The van der Waals surface area contributed by atoms with Crippen molar-refractivity contribution < 1.29 is 4.79 Å². The Labute approximate surface area is 125 Å². The van der Waals surface area contributed by atoms with E-state index in [-0.39, 0.29) is 5.91 Å². The zero-order valence-corrected chi connectivity index (χ0v) is 12.4. The van der Waals surface area contributed by atoms with Crippen LogP contribution in [-0.4, -0.2) is 28.9 Å². The molecule has 0 unspecified atom stereocenters. The molecule has 1 aromatic carbocycles. The first-order valence-electron chi connectivity index (χ1n) is 7.57. The van der Waals surface area contributed by atoms with E-state index in [2.05, 4.69) is 30.1 Å². The topological polar surface area (TPSA) is 33.2 Å². The van der Waals surface area contributed by atoms with Gasteiger partial charge in [0.05, 0.1) is 11.2 Å². The molecule has 1 amide bonds. The number of aryl methyl sites for hydroxylation is 1. The predicted octanol–water partition coefficient (Wildman–Crippen LogP) is 3.57. The number of carbonyl (C=O) groups is 1. The van der Waals surface area contributed by atoms with Gasteiger partial charge < -0.3 is 4.90 Å². The summed E-state index contributed by atoms with van der Waals surface area (Å²) >= 11 is 0. The van der Waals surface area contributed by atoms with Gasteiger partial charge in [-0.15, -0.1) is 0 Å². The van der Waals surface area contributed by atoms with Crippen molar-refractivity contribution >= 4 is 22.9 Å². The second kappa shape index (κ2) is 6.08. The second-order valence-electron chi connectivity index (χ2n) is 5.60. The molecule has 3 nitrogen and oxygen atoms in total. The zero-order chi connectivity index (χ0) is 14.7. The van der Waals surface area contributed by atoms with Crippen molar-refractivity contribution in [2.45, 2.75) is 26.2 Å². The molecule has 2 aromatic rings. The van der Waals surface area contributed by atoms with Crippen LogP contribution in [-0.2, 0) is 4.79 Å². The number of rotatable bonds is 2. The van der Waals surface area contributed by atoms with Crippen LogP contribution in [0.1, 0.15) is 30.5 Å². The number of benzene rings is 1. The number of hydrogen-bond donors (Lipinski definition) is 0. The summed E-state index contributed by atoms with van der Waals surface area (Å²) < 4.78 is 0. The van der Waals surface area contributed by atoms with Crippen LogP contribution in [0.15, 0.2) is 36.4 Å². The molecule has 21 heavy (non-hydrogen) atoms. The molecule has 1 fully saturated rings. The number of pyridine rings is 1. The van der Waals surface area contributed by atoms with Crippen LogP contribution < -0.4 is 0 Å². The van der Waals surface area contributed by atoms with E-state index in [9.17, 15) is 4.79 Å². The van der Waals surface area contributed by atoms with Gasteiger partial charge in [-0.2, -0.15) is 0 Å². The molecule has 0 bridgehead atoms. The number of aromatic nitrogens is 1. The van der Waals surface area contributed by atoms with Gasteiger partial charge in [0.2, 0.25) is 5.91 Å². The molecular weight excluding hydrogens is 260 g/mol. The minimum Gasteiger partial charge on any atom is -0.339 e. The van der Waals surface area contributed by atoms with E-state index in [4.69, 9.17) is 0 Å². The van der Waals surface area contributed by atoms with Crippen molar-refractivity contribution in [3.63, 3.8) is 0 Å². The number of fused-ring (bicyclic) bond motifs is 1. The minimum absolute atomic E-state index is 0.0985. The lowest BCUT2D eigenvalue weighted by Crippen LogP contribution is -2.34. The summed E-state index contributed by atoms with van der Waals surface area (Å²) in [5, 5.41) is 1.13. The first kappa shape index (κ1) is 13.8. The third-order valence-electron chi connectivity index (χ3n) is 4.01. The summed E-state index contributed by atoms with van der Waals surface area (Å²) in [6.45, 7) is 3.82. The van der Waals surface area contributed by atoms with Crippen molar-refractivity contribution in [3.05, 3.63) is 47.7 Å². The number of piperidine rings is 1. The van der Waals surface area contributed by atoms with Gasteiger partial charge in [0.15, 0.2) is 0 Å². The fraction of sp³-hybridized carbons (Fsp3) is 0.333. The van der Waals surface area contributed by atoms with Crippen LogP contribution in [0.4, 0.5) is 0 Å². The van der Waals surface area contributed by atoms with Crippen molar-refractivity contribution in [1.29, 1.82) is 0 Å². The molecule has 0 saturated carbocycles. The maximum atomic E-state index is 12.1. The molecule has 2 heterocycles. The number of carbonyl (C=O) groups excluding carboxylic acids is 1. The Morgan fingerprint density at radius 1 is 1.14 bits per heavy atom. The first-order chi connectivity index (χ1) is 10.2. The predicted molar refractivity (Wildman–Crippen MR) is 85.9 cm³/mol. The Bertz CT molecular complexity index is 685. The molecule has 1 aliphatic heterocycles. The monoisotopic (exact) mass is 280 g/mol. The smallest absolute Gasteiger partial charge is 0.246 e. The molecule has 0 atom stereocenters. The molecule has 0 spiro atoms. The molecule has 108 valence electrons. The van der Waals surface area contributed by atoms with Crippen LogP contribution >= 0.6 is 0 Å². The van der Waals surface area contributed by atoms with E-state index in [0.717, 1.165) is 48.1 Å². The highest BCUT2D eigenvalue weighted by Gasteiger charge is 2.13. The van der Waals surface area contributed by atoms with Gasteiger partial charge in [-0.1, -0.05) is 24.3 Å². The van der Waals surface area contributed by atoms with E-state index >= 15 is 0 Å². The first-order valence-corrected chi connectivity index (χ1v) is 7.57. The molecule has 1 saturated heterocycles. The summed E-state index contributed by atoms with van der Waals surface area (Å²) in [6.07, 6.45) is 6.94. The Balaban J connectivity index is 1.79. The summed E-state index contributed by atoms with van der Waals surface area (Å²) in [6, 6.07) is 10.2. The van der Waals surface area contributed by atoms with Crippen LogP contribution in [0.2, 0.25) is 0 Å². The maximum Gasteiger partial charge on any atom is 0.246 e. The summed E-state index contributed by atoms with van der Waals surface area (Å²) in [7, 11) is 0. The summed E-state index contributed by atoms with van der Waals surface area (Å²) in [5.41, 5.74) is 3.00. The number of likely N-dealkylation sites (tertiary alicyclic amines) is 1. The lowest BCUT2D eigenvalue weighted by atomic mass is 10.1. The normalized spacial score (nSPS) is 15.8. The SMILES string of the molecule is Cc1cccc2ccc(/C=C/C(=O)N3CCCCC3)nc12. The number of nitrogens with zero attached hydrogens (tertiary/aromatic N) is 2. The van der Waals surface area contributed by atoms with Crippen LogP contribution in [0.25, 0.3) is 17.0 Å². The van der Waals surface area contributed by atoms with Gasteiger partial charge in [0.25, 0.3) is 0 Å². The molecule has 1 aromatic heterocycles. The van der Waals surface area contributed by atoms with Gasteiger partial charge in [-0.25, -0.2) is 4.98 Å². The zero-order valence-electron chi connectivity index (χ0n) is 12.4. The highest BCUT2D eigenvalue weighted by molar-refractivity contribution is 5.92. The van der Waals surface area contributed by atoms with Crippen molar-refractivity contribution in [1.82, 2.24) is 9.88 Å². The Hall–Kier alpha value is -2.16. The summed E-state index contributed by atoms with van der Waals surface area (Å²) in [4.78, 5) is 18.7. The number of para-hydroxylation sites is 1. The third kappa shape index (κ3) is 3.13. The van der Waals surface area contributed by atoms with E-state index in [1.54, 1.807) is 6.08 Å². The fourth-order valence-electron chi connectivity index (χ4n) is 2.78. The standard InChI is InChI=1S/C18H20N2O/c1-14-6-5-7-15-8-9-16(19-18(14)15)10-11-17(21)20-12-3-2-4-13-20/h5-11H,2-4,12-13H2,1H3/b11-10+. The highest BCUT2D eigenvalue weighted by Crippen LogP contribution is 2.17. The second-order valence-corrected chi connectivity index (χ2v) is 5.60. The molecule has 3 rings (SSSR count). The average molecular weight is 280 g/mol. The molecule has 0 aliphatic carbocycles. The third-order valence-corrected chi connectivity index (χ3v) is 4.01. The van der Waals surface area contributed by atoms with E-state index in [1.807, 2.05) is 23.1 Å². The number of hydrogen-bond acceptors (Lipinski definition) is 2. The summed E-state index contributed by atoms with van der Waals surface area (Å²) in [5.74, 6) is 0.0985. The fourth-order valence-corrected chi connectivity index (χ4v) is 2.78. The van der Waals surface area contributed by atoms with E-state index in [1.165, 1.54) is 6.42 Å². The molecular formula is C18H20N2O. The lowest BCUT2D eigenvalue weighted by Gasteiger charge is -2.25. The lowest BCUT2D eigenvalue weighted by molar-refractivity contribution is -0.126. The Morgan fingerprint density at radius 2 is 1.95 bits per heavy atom. The quantitative estimate of drug-likeness (QED) is 0.788. The molecule has 3 heteroatoms. The van der Waals surface area contributed by atoms with Gasteiger partial charge in [0.1, 0.15) is 0 Å². The van der Waals surface area contributed by atoms with Gasteiger partial charge >= 0.3 is 0 Å².